The molecule has 2 aromatic carbocycles. The van der Waals surface area contributed by atoms with Gasteiger partial charge in [0.2, 0.25) is 5.91 Å². The van der Waals surface area contributed by atoms with Gasteiger partial charge in [0.1, 0.15) is 25.5 Å². The molecule has 0 unspecified atom stereocenters. The van der Waals surface area contributed by atoms with Crippen molar-refractivity contribution < 1.29 is 23.9 Å². The van der Waals surface area contributed by atoms with Gasteiger partial charge in [-0.3, -0.25) is 19.5 Å². The fourth-order valence-electron chi connectivity index (χ4n) is 3.06. The van der Waals surface area contributed by atoms with Gasteiger partial charge in [0.25, 0.3) is 0 Å². The molecule has 0 bridgehead atoms. The van der Waals surface area contributed by atoms with Gasteiger partial charge in [-0.25, -0.2) is 9.59 Å². The van der Waals surface area contributed by atoms with Crippen molar-refractivity contribution in [2.75, 3.05) is 24.7 Å². The van der Waals surface area contributed by atoms with Crippen LogP contribution in [0.3, 0.4) is 0 Å². The molecule has 0 spiro atoms. The van der Waals surface area contributed by atoms with Gasteiger partial charge in [0, 0.05) is 18.4 Å². The third kappa shape index (κ3) is 7.42. The number of esters is 1. The first-order valence-electron chi connectivity index (χ1n) is 10.6. The molecular weight excluding hydrogens is 454 g/mol. The highest BCUT2D eigenvalue weighted by Gasteiger charge is 2.20. The summed E-state index contributed by atoms with van der Waals surface area (Å²) in [5.41, 5.74) is 7.10. The Hall–Kier alpha value is -4.67. The number of hydrogen-bond donors (Lipinski definition) is 2. The molecular formula is C24H25N5O6. The van der Waals surface area contributed by atoms with Crippen molar-refractivity contribution >= 4 is 29.5 Å². The van der Waals surface area contributed by atoms with Gasteiger partial charge in [-0.2, -0.15) is 4.98 Å². The number of nitrogens with one attached hydrogen (secondary N) is 1. The summed E-state index contributed by atoms with van der Waals surface area (Å²) >= 11 is 0. The van der Waals surface area contributed by atoms with Gasteiger partial charge in [0.15, 0.2) is 0 Å². The van der Waals surface area contributed by atoms with Crippen LogP contribution in [0.4, 0.5) is 16.3 Å². The van der Waals surface area contributed by atoms with Crippen molar-refractivity contribution in [2.45, 2.75) is 19.7 Å². The molecule has 0 aliphatic heterocycles. The Morgan fingerprint density at radius 3 is 2.46 bits per heavy atom. The zero-order valence-corrected chi connectivity index (χ0v) is 19.0. The van der Waals surface area contributed by atoms with Crippen molar-refractivity contribution in [1.82, 2.24) is 14.5 Å². The maximum Gasteiger partial charge on any atom is 0.413 e. The summed E-state index contributed by atoms with van der Waals surface area (Å²) in [7, 11) is 1.22. The number of carbonyl (C=O) groups is 3. The van der Waals surface area contributed by atoms with Crippen LogP contribution in [0.15, 0.2) is 71.7 Å². The van der Waals surface area contributed by atoms with E-state index in [0.717, 1.165) is 10.1 Å². The summed E-state index contributed by atoms with van der Waals surface area (Å²) in [6, 6.07) is 17.4. The fraction of sp³-hybridized carbons (Fsp3) is 0.208. The standard InChI is InChI=1S/C24H25N5O6/c1-34-22(31)15-29(13-18-9-5-6-10-19(18)25)21(30)14-28-12-11-20(26-23(28)32)27-24(33)35-16-17-7-3-2-4-8-17/h2-12H,13-16,25H2,1H3,(H,26,27,32,33). The third-order valence-electron chi connectivity index (χ3n) is 4.94. The van der Waals surface area contributed by atoms with E-state index in [1.54, 1.807) is 36.4 Å². The molecule has 0 atom stereocenters. The number of rotatable bonds is 9. The molecule has 2 amide bonds. The lowest BCUT2D eigenvalue weighted by Gasteiger charge is -2.22. The number of hydrogen-bond acceptors (Lipinski definition) is 8. The predicted octanol–water partition coefficient (Wildman–Crippen LogP) is 1.78. The zero-order valence-electron chi connectivity index (χ0n) is 19.0. The summed E-state index contributed by atoms with van der Waals surface area (Å²) in [4.78, 5) is 54.2. The van der Waals surface area contributed by atoms with Crippen LogP contribution in [0.5, 0.6) is 0 Å². The highest BCUT2D eigenvalue weighted by molar-refractivity contribution is 5.83. The second-order valence-corrected chi connectivity index (χ2v) is 7.43. The Balaban J connectivity index is 1.64. The number of nitrogens with zero attached hydrogens (tertiary/aromatic N) is 3. The van der Waals surface area contributed by atoms with Crippen molar-refractivity contribution in [1.29, 1.82) is 0 Å². The quantitative estimate of drug-likeness (QED) is 0.349. The number of anilines is 2. The molecule has 35 heavy (non-hydrogen) atoms. The largest absolute Gasteiger partial charge is 0.468 e. The lowest BCUT2D eigenvalue weighted by molar-refractivity contribution is -0.147. The minimum Gasteiger partial charge on any atom is -0.468 e. The van der Waals surface area contributed by atoms with E-state index in [1.165, 1.54) is 24.3 Å². The third-order valence-corrected chi connectivity index (χ3v) is 4.94. The van der Waals surface area contributed by atoms with Gasteiger partial charge in [-0.15, -0.1) is 0 Å². The van der Waals surface area contributed by atoms with E-state index in [1.807, 2.05) is 18.2 Å². The Kier molecular flexibility index (Phi) is 8.54. The van der Waals surface area contributed by atoms with E-state index in [-0.39, 0.29) is 32.1 Å². The predicted molar refractivity (Wildman–Crippen MR) is 127 cm³/mol. The van der Waals surface area contributed by atoms with E-state index in [9.17, 15) is 19.2 Å². The number of ether oxygens (including phenoxy) is 2. The molecule has 0 saturated carbocycles. The number of nitrogen functional groups attached to an aromatic ring is 1. The molecule has 3 aromatic rings. The normalized spacial score (nSPS) is 10.3. The maximum atomic E-state index is 12.9. The number of benzene rings is 2. The first kappa shape index (κ1) is 25.0. The molecule has 0 radical (unpaired) electrons. The number of aromatic nitrogens is 2. The molecule has 3 rings (SSSR count). The van der Waals surface area contributed by atoms with Crippen LogP contribution in [-0.4, -0.2) is 46.1 Å². The van der Waals surface area contributed by atoms with Crippen LogP contribution in [-0.2, 0) is 38.8 Å². The summed E-state index contributed by atoms with van der Waals surface area (Å²) in [5, 5.41) is 2.37. The van der Waals surface area contributed by atoms with E-state index in [4.69, 9.17) is 10.5 Å². The summed E-state index contributed by atoms with van der Waals surface area (Å²) in [5.74, 6) is -1.17. The second kappa shape index (κ2) is 12.0. The minimum atomic E-state index is -0.778. The summed E-state index contributed by atoms with van der Waals surface area (Å²) in [6.45, 7) is -0.594. The average Bonchev–Trinajstić information content (AvgIpc) is 2.85. The van der Waals surface area contributed by atoms with Crippen molar-refractivity contribution in [3.63, 3.8) is 0 Å². The van der Waals surface area contributed by atoms with Crippen molar-refractivity contribution in [3.05, 3.63) is 88.5 Å². The van der Waals surface area contributed by atoms with Crippen LogP contribution in [0.25, 0.3) is 0 Å². The Bertz CT molecular complexity index is 1240. The summed E-state index contributed by atoms with van der Waals surface area (Å²) < 4.78 is 10.8. The highest BCUT2D eigenvalue weighted by atomic mass is 16.5. The van der Waals surface area contributed by atoms with E-state index < -0.39 is 23.7 Å². The van der Waals surface area contributed by atoms with E-state index >= 15 is 0 Å². The molecule has 11 nitrogen and oxygen atoms in total. The smallest absolute Gasteiger partial charge is 0.413 e. The number of para-hydroxylation sites is 1. The first-order chi connectivity index (χ1) is 16.9. The molecule has 182 valence electrons. The lowest BCUT2D eigenvalue weighted by atomic mass is 10.1. The van der Waals surface area contributed by atoms with Crippen molar-refractivity contribution in [3.8, 4) is 0 Å². The molecule has 11 heteroatoms. The summed E-state index contributed by atoms with van der Waals surface area (Å²) in [6.07, 6.45) is 0.534. The van der Waals surface area contributed by atoms with Gasteiger partial charge >= 0.3 is 17.8 Å². The molecule has 1 aromatic heterocycles. The molecule has 0 saturated heterocycles. The molecule has 1 heterocycles. The highest BCUT2D eigenvalue weighted by Crippen LogP contribution is 2.14. The van der Waals surface area contributed by atoms with Gasteiger partial charge in [0.05, 0.1) is 7.11 Å². The topological polar surface area (TPSA) is 146 Å². The van der Waals surface area contributed by atoms with Crippen LogP contribution >= 0.6 is 0 Å². The van der Waals surface area contributed by atoms with Crippen LogP contribution < -0.4 is 16.7 Å². The minimum absolute atomic E-state index is 0.0276. The van der Waals surface area contributed by atoms with Gasteiger partial charge in [-0.05, 0) is 23.3 Å². The Labute approximate surface area is 201 Å². The number of methoxy groups -OCH3 is 1. The van der Waals surface area contributed by atoms with Crippen molar-refractivity contribution in [2.24, 2.45) is 0 Å². The van der Waals surface area contributed by atoms with Gasteiger partial charge < -0.3 is 20.1 Å². The zero-order chi connectivity index (χ0) is 25.2. The molecule has 3 N–H and O–H groups in total. The second-order valence-electron chi connectivity index (χ2n) is 7.43. The maximum absolute atomic E-state index is 12.9. The monoisotopic (exact) mass is 479 g/mol. The number of nitrogens with two attached hydrogens (primary N) is 1. The van der Waals surface area contributed by atoms with Crippen LogP contribution in [0, 0.1) is 0 Å². The molecule has 0 fully saturated rings. The van der Waals surface area contributed by atoms with Crippen LogP contribution in [0.1, 0.15) is 11.1 Å². The Morgan fingerprint density at radius 2 is 1.77 bits per heavy atom. The molecule has 0 aliphatic carbocycles. The average molecular weight is 479 g/mol. The SMILES string of the molecule is COC(=O)CN(Cc1ccccc1N)C(=O)Cn1ccc(NC(=O)OCc2ccccc2)nc1=O. The lowest BCUT2D eigenvalue weighted by Crippen LogP contribution is -2.40. The van der Waals surface area contributed by atoms with Crippen LogP contribution in [0.2, 0.25) is 0 Å². The molecule has 0 aliphatic rings. The Morgan fingerprint density at radius 1 is 1.06 bits per heavy atom. The fourth-order valence-corrected chi connectivity index (χ4v) is 3.06. The number of carbonyl (C=O) groups excluding carboxylic acids is 3. The van der Waals surface area contributed by atoms with E-state index in [2.05, 4.69) is 15.0 Å². The van der Waals surface area contributed by atoms with Gasteiger partial charge in [-0.1, -0.05) is 48.5 Å². The first-order valence-corrected chi connectivity index (χ1v) is 10.6. The number of amides is 2. The van der Waals surface area contributed by atoms with E-state index in [0.29, 0.717) is 11.3 Å².